The average Bonchev–Trinajstić information content (AvgIpc) is 2.38. The highest BCUT2D eigenvalue weighted by molar-refractivity contribution is 9.10. The lowest BCUT2D eigenvalue weighted by Gasteiger charge is -2.06. The highest BCUT2D eigenvalue weighted by Gasteiger charge is 2.07. The van der Waals surface area contributed by atoms with E-state index in [0.29, 0.717) is 28.5 Å². The van der Waals surface area contributed by atoms with Crippen LogP contribution in [-0.4, -0.2) is 14.9 Å². The van der Waals surface area contributed by atoms with Crippen LogP contribution in [0.2, 0.25) is 0 Å². The quantitative estimate of drug-likeness (QED) is 0.488. The highest BCUT2D eigenvalue weighted by atomic mass is 79.9. The number of nitrogens with zero attached hydrogens (tertiary/aromatic N) is 3. The van der Waals surface area contributed by atoms with Gasteiger partial charge in [-0.15, -0.1) is 0 Å². The fourth-order valence-corrected chi connectivity index (χ4v) is 1.81. The van der Waals surface area contributed by atoms with Crippen molar-refractivity contribution in [2.75, 3.05) is 0 Å². The molecule has 0 aliphatic heterocycles. The zero-order valence-corrected chi connectivity index (χ0v) is 11.6. The Morgan fingerprint density at radius 2 is 2.00 bits per heavy atom. The van der Waals surface area contributed by atoms with Crippen LogP contribution in [0.1, 0.15) is 12.7 Å². The Bertz CT molecular complexity index is 602. The maximum absolute atomic E-state index is 10.5. The number of rotatable bonds is 4. The van der Waals surface area contributed by atoms with Crippen molar-refractivity contribution >= 4 is 21.6 Å². The third-order valence-electron chi connectivity index (χ3n) is 2.30. The number of hydrogen-bond donors (Lipinski definition) is 0. The Kier molecular flexibility index (Phi) is 4.06. The van der Waals surface area contributed by atoms with Crippen LogP contribution in [0.5, 0.6) is 11.6 Å². The summed E-state index contributed by atoms with van der Waals surface area (Å²) in [6.07, 6.45) is 0.691. The number of hydrogen-bond acceptors (Lipinski definition) is 5. The van der Waals surface area contributed by atoms with Crippen molar-refractivity contribution < 1.29 is 9.66 Å². The summed E-state index contributed by atoms with van der Waals surface area (Å²) in [5, 5.41) is 10.5. The fourth-order valence-electron chi connectivity index (χ4n) is 1.41. The highest BCUT2D eigenvalue weighted by Crippen LogP contribution is 2.24. The van der Waals surface area contributed by atoms with Crippen molar-refractivity contribution in [2.24, 2.45) is 0 Å². The van der Waals surface area contributed by atoms with Gasteiger partial charge in [-0.1, -0.05) is 6.92 Å². The van der Waals surface area contributed by atoms with Gasteiger partial charge in [-0.05, 0) is 28.1 Å². The van der Waals surface area contributed by atoms with E-state index in [-0.39, 0.29) is 5.69 Å². The van der Waals surface area contributed by atoms with Gasteiger partial charge in [-0.25, -0.2) is 4.98 Å². The molecule has 0 amide bonds. The molecule has 0 saturated heterocycles. The molecule has 0 saturated carbocycles. The molecule has 0 aliphatic carbocycles. The molecule has 1 aromatic carbocycles. The van der Waals surface area contributed by atoms with Gasteiger partial charge in [-0.3, -0.25) is 10.1 Å². The normalized spacial score (nSPS) is 10.2. The van der Waals surface area contributed by atoms with Crippen LogP contribution in [0.25, 0.3) is 0 Å². The lowest BCUT2D eigenvalue weighted by molar-refractivity contribution is -0.384. The molecule has 1 heterocycles. The molecule has 0 atom stereocenters. The predicted molar refractivity (Wildman–Crippen MR) is 72.3 cm³/mol. The first-order valence-corrected chi connectivity index (χ1v) is 6.33. The van der Waals surface area contributed by atoms with Gasteiger partial charge in [0.1, 0.15) is 16.2 Å². The molecule has 0 radical (unpaired) electrons. The third-order valence-corrected chi connectivity index (χ3v) is 2.71. The maximum atomic E-state index is 10.5. The van der Waals surface area contributed by atoms with Gasteiger partial charge in [0.25, 0.3) is 5.69 Å². The minimum Gasteiger partial charge on any atom is -0.439 e. The minimum atomic E-state index is -0.458. The zero-order chi connectivity index (χ0) is 13.8. The molecule has 98 valence electrons. The lowest BCUT2D eigenvalue weighted by atomic mass is 10.3. The summed E-state index contributed by atoms with van der Waals surface area (Å²) >= 11 is 3.28. The first kappa shape index (κ1) is 13.4. The van der Waals surface area contributed by atoms with Crippen LogP contribution >= 0.6 is 15.9 Å². The van der Waals surface area contributed by atoms with Gasteiger partial charge >= 0.3 is 0 Å². The lowest BCUT2D eigenvalue weighted by Crippen LogP contribution is -1.96. The molecule has 6 nitrogen and oxygen atoms in total. The van der Waals surface area contributed by atoms with Crippen molar-refractivity contribution in [3.8, 4) is 11.6 Å². The van der Waals surface area contributed by atoms with Crippen molar-refractivity contribution in [1.82, 2.24) is 9.97 Å². The van der Waals surface area contributed by atoms with E-state index < -0.39 is 4.92 Å². The molecule has 19 heavy (non-hydrogen) atoms. The summed E-state index contributed by atoms with van der Waals surface area (Å²) in [6, 6.07) is 7.46. The smallest absolute Gasteiger partial charge is 0.269 e. The molecule has 2 aromatic rings. The van der Waals surface area contributed by atoms with E-state index in [9.17, 15) is 10.1 Å². The molecule has 0 spiro atoms. The van der Waals surface area contributed by atoms with Crippen LogP contribution in [0.4, 0.5) is 5.69 Å². The van der Waals surface area contributed by atoms with Gasteiger partial charge in [-0.2, -0.15) is 4.98 Å². The molecule has 1 aromatic heterocycles. The molecule has 0 fully saturated rings. The second-order valence-corrected chi connectivity index (χ2v) is 4.46. The van der Waals surface area contributed by atoms with Gasteiger partial charge in [0.05, 0.1) is 4.92 Å². The van der Waals surface area contributed by atoms with E-state index in [1.807, 2.05) is 6.92 Å². The first-order chi connectivity index (χ1) is 9.08. The monoisotopic (exact) mass is 323 g/mol. The molecular formula is C12H10BrN3O3. The van der Waals surface area contributed by atoms with E-state index in [1.54, 1.807) is 6.07 Å². The predicted octanol–water partition coefficient (Wildman–Crippen LogP) is 3.50. The topological polar surface area (TPSA) is 78.2 Å². The van der Waals surface area contributed by atoms with Crippen LogP contribution in [0, 0.1) is 10.1 Å². The van der Waals surface area contributed by atoms with Gasteiger partial charge in [0.15, 0.2) is 0 Å². The van der Waals surface area contributed by atoms with Crippen LogP contribution < -0.4 is 4.74 Å². The summed E-state index contributed by atoms with van der Waals surface area (Å²) in [7, 11) is 0. The van der Waals surface area contributed by atoms with Crippen LogP contribution in [0.3, 0.4) is 0 Å². The number of ether oxygens (including phenoxy) is 1. The second-order valence-electron chi connectivity index (χ2n) is 3.65. The summed E-state index contributed by atoms with van der Waals surface area (Å²) in [5.41, 5.74) is 0.0189. The number of benzene rings is 1. The van der Waals surface area contributed by atoms with Crippen molar-refractivity contribution in [2.45, 2.75) is 13.3 Å². The minimum absolute atomic E-state index is 0.0189. The van der Waals surface area contributed by atoms with E-state index >= 15 is 0 Å². The van der Waals surface area contributed by atoms with Crippen molar-refractivity contribution in [3.63, 3.8) is 0 Å². The number of halogens is 1. The van der Waals surface area contributed by atoms with Gasteiger partial charge in [0, 0.05) is 24.6 Å². The Labute approximate surface area is 117 Å². The number of aromatic nitrogens is 2. The largest absolute Gasteiger partial charge is 0.439 e. The molecule has 0 aliphatic rings. The van der Waals surface area contributed by atoms with Crippen molar-refractivity contribution in [1.29, 1.82) is 0 Å². The number of nitro benzene ring substituents is 1. The summed E-state index contributed by atoms with van der Waals surface area (Å²) < 4.78 is 6.17. The number of nitro groups is 1. The fraction of sp³-hybridized carbons (Fsp3) is 0.167. The average molecular weight is 324 g/mol. The van der Waals surface area contributed by atoms with Gasteiger partial charge < -0.3 is 4.74 Å². The maximum Gasteiger partial charge on any atom is 0.269 e. The van der Waals surface area contributed by atoms with E-state index in [4.69, 9.17) is 4.74 Å². The summed E-state index contributed by atoms with van der Waals surface area (Å²) in [4.78, 5) is 18.5. The molecule has 0 unspecified atom stereocenters. The second kappa shape index (κ2) is 5.75. The molecule has 7 heteroatoms. The number of non-ortho nitro benzene ring substituents is 1. The Balaban J connectivity index is 2.21. The van der Waals surface area contributed by atoms with Gasteiger partial charge in [0.2, 0.25) is 5.88 Å². The van der Waals surface area contributed by atoms with E-state index in [0.717, 1.165) is 0 Å². The Morgan fingerprint density at radius 1 is 1.32 bits per heavy atom. The summed E-state index contributed by atoms with van der Waals surface area (Å²) in [6.45, 7) is 1.94. The summed E-state index contributed by atoms with van der Waals surface area (Å²) in [5.74, 6) is 1.54. The number of aryl methyl sites for hydroxylation is 1. The molecule has 0 bridgehead atoms. The van der Waals surface area contributed by atoms with E-state index in [2.05, 4.69) is 25.9 Å². The molecule has 0 N–H and O–H groups in total. The standard InChI is InChI=1S/C12H10BrN3O3/c1-2-11-14-10(13)7-12(15-11)19-9-5-3-8(4-6-9)16(17)18/h3-7H,2H2,1H3. The Morgan fingerprint density at radius 3 is 2.58 bits per heavy atom. The third kappa shape index (κ3) is 3.47. The molecule has 2 rings (SSSR count). The zero-order valence-electron chi connectivity index (χ0n) is 10.0. The van der Waals surface area contributed by atoms with Crippen molar-refractivity contribution in [3.05, 3.63) is 50.9 Å². The first-order valence-electron chi connectivity index (χ1n) is 5.54. The van der Waals surface area contributed by atoms with E-state index in [1.165, 1.54) is 24.3 Å². The molecular weight excluding hydrogens is 314 g/mol. The Hall–Kier alpha value is -2.02. The SMILES string of the molecule is CCc1nc(Br)cc(Oc2ccc([N+](=O)[O-])cc2)n1. The van der Waals surface area contributed by atoms with Crippen LogP contribution in [-0.2, 0) is 6.42 Å². The van der Waals surface area contributed by atoms with Crippen LogP contribution in [0.15, 0.2) is 34.9 Å².